The van der Waals surface area contributed by atoms with Crippen LogP contribution >= 0.6 is 0 Å². The highest BCUT2D eigenvalue weighted by molar-refractivity contribution is 4.96. The van der Waals surface area contributed by atoms with Gasteiger partial charge in [0.25, 0.3) is 0 Å². The molecule has 0 spiro atoms. The summed E-state index contributed by atoms with van der Waals surface area (Å²) in [6, 6.07) is 1.81. The van der Waals surface area contributed by atoms with Crippen molar-refractivity contribution in [3.8, 4) is 6.07 Å². The average molecular weight is 169 g/mol. The molecule has 12 heavy (non-hydrogen) atoms. The molecule has 0 bridgehead atoms. The Bertz CT molecular complexity index is 199. The molecule has 1 heterocycles. The van der Waals surface area contributed by atoms with Gasteiger partial charge in [-0.25, -0.2) is 0 Å². The minimum absolute atomic E-state index is 0.146. The summed E-state index contributed by atoms with van der Waals surface area (Å²) < 4.78 is 5.47. The van der Waals surface area contributed by atoms with E-state index in [1.54, 1.807) is 0 Å². The zero-order valence-corrected chi connectivity index (χ0v) is 7.69. The van der Waals surface area contributed by atoms with Crippen molar-refractivity contribution < 1.29 is 9.84 Å². The molecule has 0 aliphatic carbocycles. The Morgan fingerprint density at radius 2 is 1.92 bits per heavy atom. The Hall–Kier alpha value is -0.590. The molecule has 1 saturated heterocycles. The standard InChI is InChI=1S/C9H15NO2/c1-5-6(2)9(8(11)4-10)12-7(5)3/h5-9,11H,1-3H3/t5-,6?,7+,8-,9-/m0/s1. The van der Waals surface area contributed by atoms with E-state index in [4.69, 9.17) is 10.00 Å². The van der Waals surface area contributed by atoms with Crippen LogP contribution in [-0.2, 0) is 4.74 Å². The largest absolute Gasteiger partial charge is 0.375 e. The first-order chi connectivity index (χ1) is 5.57. The first-order valence-corrected chi connectivity index (χ1v) is 4.31. The van der Waals surface area contributed by atoms with Crippen LogP contribution in [0.5, 0.6) is 0 Å². The third kappa shape index (κ3) is 1.45. The second-order valence-corrected chi connectivity index (χ2v) is 3.60. The maximum absolute atomic E-state index is 9.28. The van der Waals surface area contributed by atoms with E-state index in [0.717, 1.165) is 0 Å². The second kappa shape index (κ2) is 3.42. The first kappa shape index (κ1) is 9.50. The van der Waals surface area contributed by atoms with Gasteiger partial charge in [-0.2, -0.15) is 5.26 Å². The highest BCUT2D eigenvalue weighted by Crippen LogP contribution is 2.33. The van der Waals surface area contributed by atoms with Gasteiger partial charge in [0.05, 0.1) is 12.2 Å². The van der Waals surface area contributed by atoms with Crippen molar-refractivity contribution in [2.75, 3.05) is 0 Å². The second-order valence-electron chi connectivity index (χ2n) is 3.60. The van der Waals surface area contributed by atoms with Crippen LogP contribution in [0.2, 0.25) is 0 Å². The summed E-state index contributed by atoms with van der Waals surface area (Å²) in [5, 5.41) is 17.8. The van der Waals surface area contributed by atoms with Gasteiger partial charge in [0.1, 0.15) is 6.10 Å². The van der Waals surface area contributed by atoms with E-state index in [1.807, 2.05) is 19.9 Å². The van der Waals surface area contributed by atoms with Gasteiger partial charge in [0.15, 0.2) is 6.10 Å². The summed E-state index contributed by atoms with van der Waals surface area (Å²) in [4.78, 5) is 0. The number of nitriles is 1. The molecule has 1 unspecified atom stereocenters. The maximum atomic E-state index is 9.28. The molecule has 0 aromatic rings. The van der Waals surface area contributed by atoms with Crippen LogP contribution in [0.25, 0.3) is 0 Å². The number of hydrogen-bond donors (Lipinski definition) is 1. The summed E-state index contributed by atoms with van der Waals surface area (Å²) >= 11 is 0. The number of aliphatic hydroxyl groups excluding tert-OH is 1. The predicted molar refractivity (Wildman–Crippen MR) is 44.3 cm³/mol. The lowest BCUT2D eigenvalue weighted by molar-refractivity contribution is -0.0189. The average Bonchev–Trinajstić information content (AvgIpc) is 2.32. The quantitative estimate of drug-likeness (QED) is 0.594. The van der Waals surface area contributed by atoms with Gasteiger partial charge < -0.3 is 9.84 Å². The van der Waals surface area contributed by atoms with Gasteiger partial charge in [0, 0.05) is 0 Å². The van der Waals surface area contributed by atoms with Crippen molar-refractivity contribution in [3.05, 3.63) is 0 Å². The van der Waals surface area contributed by atoms with Crippen LogP contribution in [0.1, 0.15) is 20.8 Å². The van der Waals surface area contributed by atoms with Crippen LogP contribution in [0, 0.1) is 23.2 Å². The Morgan fingerprint density at radius 1 is 1.33 bits per heavy atom. The molecule has 5 atom stereocenters. The third-order valence-electron chi connectivity index (χ3n) is 2.90. The lowest BCUT2D eigenvalue weighted by Gasteiger charge is -2.16. The lowest BCUT2D eigenvalue weighted by atomic mass is 9.89. The van der Waals surface area contributed by atoms with Crippen LogP contribution in [0.3, 0.4) is 0 Å². The number of ether oxygens (including phenoxy) is 1. The fourth-order valence-corrected chi connectivity index (χ4v) is 1.66. The fourth-order valence-electron chi connectivity index (χ4n) is 1.66. The molecule has 0 aromatic carbocycles. The normalized spacial score (nSPS) is 43.9. The Labute approximate surface area is 73.0 Å². The summed E-state index contributed by atoms with van der Waals surface area (Å²) in [6.45, 7) is 6.07. The van der Waals surface area contributed by atoms with Gasteiger partial charge in [-0.1, -0.05) is 13.8 Å². The minimum atomic E-state index is -0.979. The Balaban J connectivity index is 2.65. The van der Waals surface area contributed by atoms with E-state index in [1.165, 1.54) is 0 Å². The van der Waals surface area contributed by atoms with E-state index in [0.29, 0.717) is 5.92 Å². The molecular formula is C9H15NO2. The van der Waals surface area contributed by atoms with E-state index >= 15 is 0 Å². The zero-order chi connectivity index (χ0) is 9.30. The topological polar surface area (TPSA) is 53.2 Å². The molecule has 68 valence electrons. The van der Waals surface area contributed by atoms with Gasteiger partial charge in [-0.05, 0) is 18.8 Å². The van der Waals surface area contributed by atoms with Gasteiger partial charge in [-0.15, -0.1) is 0 Å². The molecule has 3 heteroatoms. The van der Waals surface area contributed by atoms with Gasteiger partial charge in [-0.3, -0.25) is 0 Å². The molecule has 1 N–H and O–H groups in total. The Kier molecular flexibility index (Phi) is 2.71. The number of aliphatic hydroxyl groups is 1. The van der Waals surface area contributed by atoms with Crippen molar-refractivity contribution in [2.24, 2.45) is 11.8 Å². The third-order valence-corrected chi connectivity index (χ3v) is 2.90. The lowest BCUT2D eigenvalue weighted by Crippen LogP contribution is -2.29. The maximum Gasteiger partial charge on any atom is 0.166 e. The van der Waals surface area contributed by atoms with Crippen molar-refractivity contribution >= 4 is 0 Å². The minimum Gasteiger partial charge on any atom is -0.375 e. The Morgan fingerprint density at radius 3 is 2.25 bits per heavy atom. The van der Waals surface area contributed by atoms with Crippen LogP contribution in [0.15, 0.2) is 0 Å². The molecule has 0 aromatic heterocycles. The molecule has 0 radical (unpaired) electrons. The molecule has 3 nitrogen and oxygen atoms in total. The monoisotopic (exact) mass is 169 g/mol. The zero-order valence-electron chi connectivity index (χ0n) is 7.69. The van der Waals surface area contributed by atoms with E-state index in [2.05, 4.69) is 6.92 Å². The first-order valence-electron chi connectivity index (χ1n) is 4.31. The molecular weight excluding hydrogens is 154 g/mol. The molecule has 1 aliphatic heterocycles. The number of hydrogen-bond acceptors (Lipinski definition) is 3. The van der Waals surface area contributed by atoms with Crippen LogP contribution in [-0.4, -0.2) is 23.4 Å². The summed E-state index contributed by atoms with van der Waals surface area (Å²) in [7, 11) is 0. The van der Waals surface area contributed by atoms with Crippen LogP contribution in [0.4, 0.5) is 0 Å². The summed E-state index contributed by atoms with van der Waals surface area (Å²) in [6.07, 6.45) is -1.14. The number of rotatable bonds is 1. The summed E-state index contributed by atoms with van der Waals surface area (Å²) in [5.74, 6) is 0.674. The highest BCUT2D eigenvalue weighted by atomic mass is 16.5. The van der Waals surface area contributed by atoms with Gasteiger partial charge in [0.2, 0.25) is 0 Å². The van der Waals surface area contributed by atoms with E-state index in [9.17, 15) is 5.11 Å². The molecule has 1 aliphatic rings. The molecule has 1 rings (SSSR count). The number of nitrogens with zero attached hydrogens (tertiary/aromatic N) is 1. The molecule has 0 amide bonds. The van der Waals surface area contributed by atoms with Gasteiger partial charge >= 0.3 is 0 Å². The SMILES string of the molecule is CC1[C@H](C)[C@@H](C)O[C@@H]1[C@@H](O)C#N. The molecule has 1 fully saturated rings. The van der Waals surface area contributed by atoms with Crippen molar-refractivity contribution in [1.82, 2.24) is 0 Å². The molecule has 0 saturated carbocycles. The predicted octanol–water partition coefficient (Wildman–Crippen LogP) is 0.930. The highest BCUT2D eigenvalue weighted by Gasteiger charge is 2.40. The van der Waals surface area contributed by atoms with E-state index in [-0.39, 0.29) is 18.1 Å². The van der Waals surface area contributed by atoms with Crippen molar-refractivity contribution in [1.29, 1.82) is 5.26 Å². The van der Waals surface area contributed by atoms with Crippen molar-refractivity contribution in [2.45, 2.75) is 39.1 Å². The van der Waals surface area contributed by atoms with E-state index < -0.39 is 6.10 Å². The van der Waals surface area contributed by atoms with Crippen molar-refractivity contribution in [3.63, 3.8) is 0 Å². The summed E-state index contributed by atoms with van der Waals surface area (Å²) in [5.41, 5.74) is 0. The van der Waals surface area contributed by atoms with Crippen LogP contribution < -0.4 is 0 Å². The fraction of sp³-hybridized carbons (Fsp3) is 0.889. The smallest absolute Gasteiger partial charge is 0.166 e.